The average molecular weight is 177 g/mol. The van der Waals surface area contributed by atoms with Gasteiger partial charge in [0.25, 0.3) is 0 Å². The molecule has 0 heterocycles. The normalized spacial score (nSPS) is 13.8. The molecule has 0 aromatic rings. The van der Waals surface area contributed by atoms with E-state index in [9.17, 15) is 14.0 Å². The molecule has 0 saturated carbocycles. The lowest BCUT2D eigenvalue weighted by Crippen LogP contribution is -1.83. The Labute approximate surface area is 49.8 Å². The third-order valence-corrected chi connectivity index (χ3v) is 1.89. The summed E-state index contributed by atoms with van der Waals surface area (Å²) in [7, 11) is -10.4. The standard InChI is InChI=1S/H3O7P2/c1-8(2,3)7-9(4,5)6/h(H,1,2)(H2,4,5,6). The molecule has 3 N–H and O–H groups in total. The van der Waals surface area contributed by atoms with Crippen molar-refractivity contribution < 1.29 is 33.0 Å². The van der Waals surface area contributed by atoms with Crippen LogP contribution in [0.25, 0.3) is 0 Å². The predicted octanol–water partition coefficient (Wildman–Crippen LogP) is -0.373. The van der Waals surface area contributed by atoms with Crippen LogP contribution in [-0.4, -0.2) is 14.7 Å². The van der Waals surface area contributed by atoms with Crippen LogP contribution >= 0.6 is 15.6 Å². The Morgan fingerprint density at radius 3 is 1.44 bits per heavy atom. The zero-order valence-corrected chi connectivity index (χ0v) is 5.66. The molecule has 0 bridgehead atoms. The SMILES string of the molecule is [O]P(=O)(O)OP(=O)(O)O. The zero-order valence-electron chi connectivity index (χ0n) is 3.87. The van der Waals surface area contributed by atoms with E-state index in [1.54, 1.807) is 0 Å². The highest BCUT2D eigenvalue weighted by molar-refractivity contribution is 7.60. The van der Waals surface area contributed by atoms with Crippen LogP contribution in [0.5, 0.6) is 0 Å². The van der Waals surface area contributed by atoms with Gasteiger partial charge >= 0.3 is 15.6 Å². The molecule has 1 unspecified atom stereocenters. The summed E-state index contributed by atoms with van der Waals surface area (Å²) < 4.78 is 21.9. The fourth-order valence-electron chi connectivity index (χ4n) is 0.134. The molecule has 7 nitrogen and oxygen atoms in total. The Hall–Kier alpha value is 0.260. The molecule has 55 valence electrons. The van der Waals surface area contributed by atoms with Gasteiger partial charge in [-0.05, 0) is 0 Å². The molecule has 0 aromatic heterocycles. The van der Waals surface area contributed by atoms with Crippen LogP contribution in [0, 0.1) is 0 Å². The van der Waals surface area contributed by atoms with E-state index in [-0.39, 0.29) is 0 Å². The van der Waals surface area contributed by atoms with Crippen molar-refractivity contribution in [2.24, 2.45) is 0 Å². The first-order valence-electron chi connectivity index (χ1n) is 1.51. The van der Waals surface area contributed by atoms with Crippen LogP contribution in [0.15, 0.2) is 0 Å². The molecule has 0 fully saturated rings. The van der Waals surface area contributed by atoms with Crippen LogP contribution in [0.4, 0.5) is 0 Å². The van der Waals surface area contributed by atoms with Gasteiger partial charge in [0.2, 0.25) is 0 Å². The van der Waals surface area contributed by atoms with E-state index in [0.29, 0.717) is 0 Å². The van der Waals surface area contributed by atoms with Crippen molar-refractivity contribution in [1.29, 1.82) is 0 Å². The molecule has 9 heteroatoms. The largest absolute Gasteiger partial charge is 0.508 e. The maximum atomic E-state index is 9.59. The maximum Gasteiger partial charge on any atom is 0.508 e. The summed E-state index contributed by atoms with van der Waals surface area (Å²) in [6.07, 6.45) is 0. The van der Waals surface area contributed by atoms with Gasteiger partial charge < -0.3 is 14.7 Å². The van der Waals surface area contributed by atoms with Crippen molar-refractivity contribution in [2.75, 3.05) is 0 Å². The van der Waals surface area contributed by atoms with Gasteiger partial charge in [-0.3, -0.25) is 0 Å². The summed E-state index contributed by atoms with van der Waals surface area (Å²) in [6.45, 7) is 0. The molecule has 9 heavy (non-hydrogen) atoms. The lowest BCUT2D eigenvalue weighted by molar-refractivity contribution is 0.203. The quantitative estimate of drug-likeness (QED) is 0.494. The number of phosphoric acid groups is 1. The van der Waals surface area contributed by atoms with E-state index in [2.05, 4.69) is 4.31 Å². The van der Waals surface area contributed by atoms with Gasteiger partial charge in [-0.15, -0.1) is 4.89 Å². The lowest BCUT2D eigenvalue weighted by Gasteiger charge is -2.01. The second kappa shape index (κ2) is 2.48. The summed E-state index contributed by atoms with van der Waals surface area (Å²) >= 11 is 0. The highest BCUT2D eigenvalue weighted by Crippen LogP contribution is 2.54. The van der Waals surface area contributed by atoms with Crippen molar-refractivity contribution in [1.82, 2.24) is 0 Å². The van der Waals surface area contributed by atoms with E-state index in [0.717, 1.165) is 0 Å². The minimum atomic E-state index is -5.30. The van der Waals surface area contributed by atoms with E-state index in [1.807, 2.05) is 0 Å². The minimum Gasteiger partial charge on any atom is -0.302 e. The highest BCUT2D eigenvalue weighted by atomic mass is 31.3. The third kappa shape index (κ3) is 8.26. The van der Waals surface area contributed by atoms with Crippen molar-refractivity contribution in [2.45, 2.75) is 0 Å². The molecule has 0 amide bonds. The molecular formula is H3O7P2. The molecule has 1 atom stereocenters. The van der Waals surface area contributed by atoms with Gasteiger partial charge in [0, 0.05) is 0 Å². The molecular weight excluding hydrogens is 174 g/mol. The van der Waals surface area contributed by atoms with E-state index in [1.165, 1.54) is 0 Å². The molecule has 0 saturated heterocycles. The summed E-state index contributed by atoms with van der Waals surface area (Å²) in [5.74, 6) is 0. The highest BCUT2D eigenvalue weighted by Gasteiger charge is 2.29. The van der Waals surface area contributed by atoms with Crippen LogP contribution < -0.4 is 0 Å². The van der Waals surface area contributed by atoms with Gasteiger partial charge in [-0.1, -0.05) is 0 Å². The second-order valence-corrected chi connectivity index (χ2v) is 3.61. The van der Waals surface area contributed by atoms with Crippen molar-refractivity contribution in [3.8, 4) is 0 Å². The first-order valence-corrected chi connectivity index (χ1v) is 4.54. The number of hydrogen-bond donors (Lipinski definition) is 3. The topological polar surface area (TPSA) is 124 Å². The first-order chi connectivity index (χ1) is 3.71. The van der Waals surface area contributed by atoms with E-state index in [4.69, 9.17) is 14.7 Å². The van der Waals surface area contributed by atoms with Crippen molar-refractivity contribution in [3.63, 3.8) is 0 Å². The van der Waals surface area contributed by atoms with Gasteiger partial charge in [-0.2, -0.15) is 4.31 Å². The Kier molecular flexibility index (Phi) is 2.55. The van der Waals surface area contributed by atoms with Crippen molar-refractivity contribution in [3.05, 3.63) is 0 Å². The van der Waals surface area contributed by atoms with Crippen LogP contribution in [0.2, 0.25) is 0 Å². The lowest BCUT2D eigenvalue weighted by atomic mass is 15.7. The minimum absolute atomic E-state index is 2.85. The Balaban J connectivity index is 4.07. The van der Waals surface area contributed by atoms with E-state index < -0.39 is 15.6 Å². The Morgan fingerprint density at radius 2 is 1.44 bits per heavy atom. The second-order valence-electron chi connectivity index (χ2n) is 1.04. The molecule has 0 aromatic carbocycles. The number of rotatable bonds is 2. The number of hydrogen-bond acceptors (Lipinski definition) is 3. The average Bonchev–Trinajstić information content (AvgIpc) is 1.14. The molecule has 0 aliphatic rings. The summed E-state index contributed by atoms with van der Waals surface area (Å²) in [5, 5.41) is 0. The van der Waals surface area contributed by atoms with Crippen molar-refractivity contribution >= 4 is 15.6 Å². The van der Waals surface area contributed by atoms with Gasteiger partial charge in [-0.25, -0.2) is 9.13 Å². The maximum absolute atomic E-state index is 9.59. The molecule has 0 aliphatic heterocycles. The van der Waals surface area contributed by atoms with Gasteiger partial charge in [0.05, 0.1) is 0 Å². The molecule has 0 rings (SSSR count). The van der Waals surface area contributed by atoms with Gasteiger partial charge in [0.1, 0.15) is 0 Å². The van der Waals surface area contributed by atoms with Gasteiger partial charge in [0.15, 0.2) is 0 Å². The zero-order chi connectivity index (χ0) is 7.71. The third-order valence-electron chi connectivity index (χ3n) is 0.210. The summed E-state index contributed by atoms with van der Waals surface area (Å²) in [5.41, 5.74) is 0. The molecule has 1 radical (unpaired) electrons. The fourth-order valence-corrected chi connectivity index (χ4v) is 1.21. The Bertz CT molecular complexity index is 147. The Morgan fingerprint density at radius 1 is 1.11 bits per heavy atom. The van der Waals surface area contributed by atoms with E-state index >= 15 is 0 Å². The first kappa shape index (κ1) is 9.26. The van der Waals surface area contributed by atoms with Crippen LogP contribution in [-0.2, 0) is 18.3 Å². The van der Waals surface area contributed by atoms with Crippen LogP contribution in [0.1, 0.15) is 0 Å². The summed E-state index contributed by atoms with van der Waals surface area (Å²) in [6, 6.07) is 0. The smallest absolute Gasteiger partial charge is 0.302 e. The molecule has 0 spiro atoms. The molecule has 0 aliphatic carbocycles. The van der Waals surface area contributed by atoms with Crippen LogP contribution in [0.3, 0.4) is 0 Å². The fraction of sp³-hybridized carbons (Fsp3) is 0. The summed E-state index contributed by atoms with van der Waals surface area (Å²) in [4.78, 5) is 32.6. The monoisotopic (exact) mass is 177 g/mol. The predicted molar refractivity (Wildman–Crippen MR) is 23.6 cm³/mol.